The molecule has 3 aromatic rings. The molecule has 1 amide bonds. The standard InChI is InChI=1S/C23H23ClN2O4S/c1-2-30-20-11-13-21(14-12-20)31(28,29)26-22(15-17-7-4-3-5-8-17)23(27)25-19-10-6-9-18(24)16-19/h3-14,16,22,26H,2,15H2,1H3,(H,25,27). The van der Waals surface area contributed by atoms with Gasteiger partial charge in [-0.15, -0.1) is 0 Å². The Balaban J connectivity index is 1.83. The Bertz CT molecular complexity index is 1120. The summed E-state index contributed by atoms with van der Waals surface area (Å²) in [5, 5.41) is 3.20. The van der Waals surface area contributed by atoms with E-state index in [2.05, 4.69) is 10.0 Å². The molecule has 2 N–H and O–H groups in total. The fourth-order valence-electron chi connectivity index (χ4n) is 2.97. The second-order valence-electron chi connectivity index (χ2n) is 6.77. The summed E-state index contributed by atoms with van der Waals surface area (Å²) in [5.41, 5.74) is 1.30. The lowest BCUT2D eigenvalue weighted by atomic mass is 10.1. The van der Waals surface area contributed by atoms with Crippen molar-refractivity contribution in [2.45, 2.75) is 24.3 Å². The van der Waals surface area contributed by atoms with Crippen LogP contribution in [0.4, 0.5) is 5.69 Å². The van der Waals surface area contributed by atoms with Crippen LogP contribution in [-0.2, 0) is 21.2 Å². The first-order chi connectivity index (χ1) is 14.9. The molecule has 8 heteroatoms. The second-order valence-corrected chi connectivity index (χ2v) is 8.92. The molecule has 1 unspecified atom stereocenters. The molecule has 0 heterocycles. The molecular formula is C23H23ClN2O4S. The first kappa shape index (κ1) is 22.8. The van der Waals surface area contributed by atoms with Crippen molar-refractivity contribution in [3.05, 3.63) is 89.4 Å². The summed E-state index contributed by atoms with van der Waals surface area (Å²) in [4.78, 5) is 13.0. The van der Waals surface area contributed by atoms with Crippen LogP contribution in [0.25, 0.3) is 0 Å². The van der Waals surface area contributed by atoms with Crippen molar-refractivity contribution in [3.8, 4) is 5.75 Å². The Kier molecular flexibility index (Phi) is 7.68. The summed E-state index contributed by atoms with van der Waals surface area (Å²) in [7, 11) is -3.95. The number of halogens is 1. The second kappa shape index (κ2) is 10.4. The van der Waals surface area contributed by atoms with Gasteiger partial charge in [0.1, 0.15) is 11.8 Å². The van der Waals surface area contributed by atoms with Crippen molar-refractivity contribution in [2.75, 3.05) is 11.9 Å². The zero-order valence-electron chi connectivity index (χ0n) is 16.9. The Morgan fingerprint density at radius 3 is 2.35 bits per heavy atom. The normalized spacial score (nSPS) is 12.2. The van der Waals surface area contributed by atoms with Gasteiger partial charge >= 0.3 is 0 Å². The van der Waals surface area contributed by atoms with Gasteiger partial charge in [-0.2, -0.15) is 4.72 Å². The van der Waals surface area contributed by atoms with E-state index in [1.54, 1.807) is 36.4 Å². The minimum absolute atomic E-state index is 0.0459. The molecule has 0 aliphatic carbocycles. The van der Waals surface area contributed by atoms with E-state index in [9.17, 15) is 13.2 Å². The van der Waals surface area contributed by atoms with E-state index in [0.29, 0.717) is 23.1 Å². The van der Waals surface area contributed by atoms with Gasteiger partial charge in [-0.3, -0.25) is 4.79 Å². The van der Waals surface area contributed by atoms with Gasteiger partial charge in [0.05, 0.1) is 11.5 Å². The zero-order valence-corrected chi connectivity index (χ0v) is 18.5. The van der Waals surface area contributed by atoms with Crippen molar-refractivity contribution in [1.82, 2.24) is 4.72 Å². The Hall–Kier alpha value is -2.87. The van der Waals surface area contributed by atoms with Gasteiger partial charge in [-0.25, -0.2) is 8.42 Å². The van der Waals surface area contributed by atoms with Crippen molar-refractivity contribution in [3.63, 3.8) is 0 Å². The average Bonchev–Trinajstić information content (AvgIpc) is 2.74. The quantitative estimate of drug-likeness (QED) is 0.501. The molecular weight excluding hydrogens is 436 g/mol. The van der Waals surface area contributed by atoms with Gasteiger partial charge in [0.15, 0.2) is 0 Å². The molecule has 0 spiro atoms. The minimum Gasteiger partial charge on any atom is -0.494 e. The maximum Gasteiger partial charge on any atom is 0.242 e. The molecule has 0 aliphatic heterocycles. The molecule has 0 radical (unpaired) electrons. The van der Waals surface area contributed by atoms with Crippen molar-refractivity contribution in [1.29, 1.82) is 0 Å². The van der Waals surface area contributed by atoms with E-state index < -0.39 is 22.0 Å². The molecule has 0 saturated heterocycles. The summed E-state index contributed by atoms with van der Waals surface area (Å²) in [5.74, 6) is 0.0848. The number of carbonyl (C=O) groups excluding carboxylic acids is 1. The van der Waals surface area contributed by atoms with Crippen LogP contribution in [0.2, 0.25) is 5.02 Å². The molecule has 3 aromatic carbocycles. The first-order valence-electron chi connectivity index (χ1n) is 9.73. The van der Waals surface area contributed by atoms with Crippen LogP contribution >= 0.6 is 11.6 Å². The summed E-state index contributed by atoms with van der Waals surface area (Å²) < 4.78 is 33.8. The monoisotopic (exact) mass is 458 g/mol. The van der Waals surface area contributed by atoms with E-state index in [4.69, 9.17) is 16.3 Å². The average molecular weight is 459 g/mol. The number of benzene rings is 3. The minimum atomic E-state index is -3.95. The van der Waals surface area contributed by atoms with Gasteiger partial charge in [0.2, 0.25) is 15.9 Å². The highest BCUT2D eigenvalue weighted by atomic mass is 35.5. The number of nitrogens with one attached hydrogen (secondary N) is 2. The van der Waals surface area contributed by atoms with Crippen molar-refractivity contribution in [2.24, 2.45) is 0 Å². The van der Waals surface area contributed by atoms with Crippen LogP contribution in [0.3, 0.4) is 0 Å². The highest BCUT2D eigenvalue weighted by Crippen LogP contribution is 2.18. The maximum absolute atomic E-state index is 13.0. The lowest BCUT2D eigenvalue weighted by Crippen LogP contribution is -2.45. The molecule has 0 bridgehead atoms. The largest absolute Gasteiger partial charge is 0.494 e. The third-order valence-electron chi connectivity index (χ3n) is 4.43. The molecule has 3 rings (SSSR count). The van der Waals surface area contributed by atoms with Crippen LogP contribution < -0.4 is 14.8 Å². The third kappa shape index (κ3) is 6.55. The lowest BCUT2D eigenvalue weighted by Gasteiger charge is -2.19. The predicted molar refractivity (Wildman–Crippen MR) is 122 cm³/mol. The topological polar surface area (TPSA) is 84.5 Å². The number of carbonyl (C=O) groups is 1. The van der Waals surface area contributed by atoms with Gasteiger partial charge in [-0.1, -0.05) is 48.0 Å². The molecule has 31 heavy (non-hydrogen) atoms. The van der Waals surface area contributed by atoms with Crippen molar-refractivity contribution < 1.29 is 17.9 Å². The maximum atomic E-state index is 13.0. The van der Waals surface area contributed by atoms with Crippen LogP contribution in [0, 0.1) is 0 Å². The van der Waals surface area contributed by atoms with Gasteiger partial charge in [0, 0.05) is 10.7 Å². The van der Waals surface area contributed by atoms with Crippen LogP contribution in [0.1, 0.15) is 12.5 Å². The van der Waals surface area contributed by atoms with E-state index in [1.165, 1.54) is 12.1 Å². The Morgan fingerprint density at radius 2 is 1.71 bits per heavy atom. The molecule has 6 nitrogen and oxygen atoms in total. The van der Waals surface area contributed by atoms with Gasteiger partial charge < -0.3 is 10.1 Å². The number of sulfonamides is 1. The number of anilines is 1. The fourth-order valence-corrected chi connectivity index (χ4v) is 4.36. The fraction of sp³-hybridized carbons (Fsp3) is 0.174. The van der Waals surface area contributed by atoms with Gasteiger partial charge in [0.25, 0.3) is 0 Å². The highest BCUT2D eigenvalue weighted by Gasteiger charge is 2.26. The number of ether oxygens (including phenoxy) is 1. The summed E-state index contributed by atoms with van der Waals surface area (Å²) in [6.07, 6.45) is 0.184. The molecule has 0 saturated carbocycles. The number of hydrogen-bond acceptors (Lipinski definition) is 4. The third-order valence-corrected chi connectivity index (χ3v) is 6.16. The van der Waals surface area contributed by atoms with Crippen LogP contribution in [0.5, 0.6) is 5.75 Å². The molecule has 1 atom stereocenters. The number of hydrogen-bond donors (Lipinski definition) is 2. The Morgan fingerprint density at radius 1 is 1.00 bits per heavy atom. The van der Waals surface area contributed by atoms with E-state index in [0.717, 1.165) is 5.56 Å². The first-order valence-corrected chi connectivity index (χ1v) is 11.6. The zero-order chi connectivity index (χ0) is 22.3. The number of rotatable bonds is 9. The molecule has 0 aromatic heterocycles. The van der Waals surface area contributed by atoms with Crippen LogP contribution in [-0.4, -0.2) is 27.0 Å². The predicted octanol–water partition coefficient (Wildman–Crippen LogP) is 4.27. The van der Waals surface area contributed by atoms with E-state index >= 15 is 0 Å². The summed E-state index contributed by atoms with van der Waals surface area (Å²) >= 11 is 5.99. The summed E-state index contributed by atoms with van der Waals surface area (Å²) in [6, 6.07) is 20.9. The van der Waals surface area contributed by atoms with Crippen molar-refractivity contribution >= 4 is 33.2 Å². The Labute approximate surface area is 187 Å². The summed E-state index contributed by atoms with van der Waals surface area (Å²) in [6.45, 7) is 2.33. The molecule has 0 aliphatic rings. The lowest BCUT2D eigenvalue weighted by molar-refractivity contribution is -0.117. The van der Waals surface area contributed by atoms with Gasteiger partial charge in [-0.05, 0) is 61.4 Å². The van der Waals surface area contributed by atoms with E-state index in [1.807, 2.05) is 37.3 Å². The number of amides is 1. The smallest absolute Gasteiger partial charge is 0.242 e. The molecule has 0 fully saturated rings. The molecule has 162 valence electrons. The highest BCUT2D eigenvalue weighted by molar-refractivity contribution is 7.89. The SMILES string of the molecule is CCOc1ccc(S(=O)(=O)NC(Cc2ccccc2)C(=O)Nc2cccc(Cl)c2)cc1. The van der Waals surface area contributed by atoms with Crippen LogP contribution in [0.15, 0.2) is 83.8 Å². The van der Waals surface area contributed by atoms with E-state index in [-0.39, 0.29) is 11.3 Å².